The van der Waals surface area contributed by atoms with Crippen molar-refractivity contribution in [1.82, 2.24) is 4.90 Å². The molecule has 1 amide bonds. The molecule has 1 saturated heterocycles. The Morgan fingerprint density at radius 2 is 2.05 bits per heavy atom. The van der Waals surface area contributed by atoms with Gasteiger partial charge in [-0.15, -0.1) is 11.8 Å². The van der Waals surface area contributed by atoms with Gasteiger partial charge < -0.3 is 15.7 Å². The van der Waals surface area contributed by atoms with E-state index >= 15 is 0 Å². The van der Waals surface area contributed by atoms with Crippen LogP contribution < -0.4 is 5.73 Å². The summed E-state index contributed by atoms with van der Waals surface area (Å²) in [6.07, 6.45) is 0.709. The van der Waals surface area contributed by atoms with Gasteiger partial charge in [-0.05, 0) is 18.9 Å². The number of nitrogens with two attached hydrogens (primary N) is 1. The van der Waals surface area contributed by atoms with Gasteiger partial charge >= 0.3 is 5.97 Å². The van der Waals surface area contributed by atoms with Crippen molar-refractivity contribution in [2.75, 3.05) is 5.75 Å². The Bertz CT molecular complexity index is 532. The fourth-order valence-corrected chi connectivity index (χ4v) is 3.80. The van der Waals surface area contributed by atoms with Crippen molar-refractivity contribution in [2.45, 2.75) is 37.7 Å². The molecule has 0 aromatic heterocycles. The highest BCUT2D eigenvalue weighted by atomic mass is 32.2. The Kier molecular flexibility index (Phi) is 4.90. The third kappa shape index (κ3) is 3.22. The molecule has 3 atom stereocenters. The number of thioether (sulfide) groups is 1. The van der Waals surface area contributed by atoms with E-state index < -0.39 is 18.1 Å². The average Bonchev–Trinajstić information content (AvgIpc) is 2.90. The molecule has 0 aliphatic carbocycles. The molecule has 0 spiro atoms. The van der Waals surface area contributed by atoms with Crippen LogP contribution in [-0.2, 0) is 9.59 Å². The van der Waals surface area contributed by atoms with E-state index in [0.29, 0.717) is 17.7 Å². The summed E-state index contributed by atoms with van der Waals surface area (Å²) in [6, 6.07) is 5.82. The molecule has 0 saturated carbocycles. The molecule has 0 radical (unpaired) electrons. The Morgan fingerprint density at radius 3 is 2.57 bits per heavy atom. The average molecular weight is 308 g/mol. The van der Waals surface area contributed by atoms with Crippen LogP contribution in [0.2, 0.25) is 0 Å². The summed E-state index contributed by atoms with van der Waals surface area (Å²) in [4.78, 5) is 25.4. The molecule has 1 aliphatic heterocycles. The summed E-state index contributed by atoms with van der Waals surface area (Å²) in [5.41, 5.74) is 7.85. The number of rotatable bonds is 4. The molecule has 0 bridgehead atoms. The zero-order chi connectivity index (χ0) is 15.6. The van der Waals surface area contributed by atoms with Crippen LogP contribution in [0.5, 0.6) is 0 Å². The molecule has 21 heavy (non-hydrogen) atoms. The number of carboxylic acids is 1. The molecule has 6 heteroatoms. The summed E-state index contributed by atoms with van der Waals surface area (Å²) in [7, 11) is 0. The normalized spacial score (nSPS) is 23.1. The molecule has 114 valence electrons. The van der Waals surface area contributed by atoms with Gasteiger partial charge in [0.2, 0.25) is 5.91 Å². The molecule has 2 rings (SSSR count). The Hall–Kier alpha value is -1.53. The zero-order valence-corrected chi connectivity index (χ0v) is 13.0. The van der Waals surface area contributed by atoms with Crippen LogP contribution in [0.4, 0.5) is 0 Å². The fraction of sp³-hybridized carbons (Fsp3) is 0.467. The van der Waals surface area contributed by atoms with Crippen LogP contribution in [0.15, 0.2) is 24.3 Å². The first-order valence-corrected chi connectivity index (χ1v) is 7.99. The molecule has 1 aliphatic rings. The van der Waals surface area contributed by atoms with E-state index in [1.807, 2.05) is 38.1 Å². The van der Waals surface area contributed by atoms with Gasteiger partial charge in [-0.1, -0.05) is 36.8 Å². The topological polar surface area (TPSA) is 83.6 Å². The minimum atomic E-state index is -0.970. The van der Waals surface area contributed by atoms with Crippen molar-refractivity contribution in [3.05, 3.63) is 35.4 Å². The second kappa shape index (κ2) is 6.49. The van der Waals surface area contributed by atoms with Crippen LogP contribution in [0.1, 0.15) is 30.5 Å². The lowest BCUT2D eigenvalue weighted by Crippen LogP contribution is -2.49. The van der Waals surface area contributed by atoms with E-state index in [4.69, 9.17) is 5.73 Å². The SMILES string of the molecule is CCC1SCC(C(=O)O)N1C(=O)C(N)c1ccc(C)cc1. The lowest BCUT2D eigenvalue weighted by atomic mass is 10.0. The van der Waals surface area contributed by atoms with Crippen LogP contribution >= 0.6 is 11.8 Å². The smallest absolute Gasteiger partial charge is 0.327 e. The van der Waals surface area contributed by atoms with E-state index in [2.05, 4.69) is 0 Å². The molecule has 1 aromatic carbocycles. The number of carboxylic acid groups (broad SMARTS) is 1. The maximum Gasteiger partial charge on any atom is 0.327 e. The van der Waals surface area contributed by atoms with E-state index in [1.54, 1.807) is 0 Å². The molecule has 5 nitrogen and oxygen atoms in total. The van der Waals surface area contributed by atoms with Gasteiger partial charge in [0.25, 0.3) is 0 Å². The van der Waals surface area contributed by atoms with Crippen LogP contribution in [-0.4, -0.2) is 39.1 Å². The summed E-state index contributed by atoms with van der Waals surface area (Å²) in [6.45, 7) is 3.90. The third-order valence-electron chi connectivity index (χ3n) is 3.68. The predicted octanol–water partition coefficient (Wildman–Crippen LogP) is 1.76. The van der Waals surface area contributed by atoms with Gasteiger partial charge in [0.15, 0.2) is 0 Å². The van der Waals surface area contributed by atoms with Gasteiger partial charge in [-0.2, -0.15) is 0 Å². The van der Waals surface area contributed by atoms with Gasteiger partial charge in [-0.25, -0.2) is 4.79 Å². The van der Waals surface area contributed by atoms with Crippen molar-refractivity contribution < 1.29 is 14.7 Å². The number of amides is 1. The van der Waals surface area contributed by atoms with Crippen LogP contribution in [0.25, 0.3) is 0 Å². The first-order chi connectivity index (χ1) is 9.95. The molecular weight excluding hydrogens is 288 g/mol. The maximum atomic E-state index is 12.6. The van der Waals surface area contributed by atoms with Gasteiger partial charge in [0, 0.05) is 5.75 Å². The zero-order valence-electron chi connectivity index (χ0n) is 12.2. The third-order valence-corrected chi connectivity index (χ3v) is 5.14. The van der Waals surface area contributed by atoms with Gasteiger partial charge in [0.05, 0.1) is 5.37 Å². The quantitative estimate of drug-likeness (QED) is 0.885. The summed E-state index contributed by atoms with van der Waals surface area (Å²) in [5, 5.41) is 9.17. The first kappa shape index (κ1) is 15.9. The lowest BCUT2D eigenvalue weighted by molar-refractivity contribution is -0.149. The highest BCUT2D eigenvalue weighted by Gasteiger charge is 2.42. The van der Waals surface area contributed by atoms with Gasteiger partial charge in [0.1, 0.15) is 12.1 Å². The van der Waals surface area contributed by atoms with Crippen molar-refractivity contribution >= 4 is 23.6 Å². The van der Waals surface area contributed by atoms with Crippen LogP contribution in [0, 0.1) is 6.92 Å². The Labute approximate surface area is 128 Å². The minimum absolute atomic E-state index is 0.116. The molecule has 3 N–H and O–H groups in total. The van der Waals surface area contributed by atoms with Crippen molar-refractivity contribution in [3.63, 3.8) is 0 Å². The number of carbonyl (C=O) groups is 2. The summed E-state index contributed by atoms with van der Waals surface area (Å²) < 4.78 is 0. The standard InChI is InChI=1S/C15H20N2O3S/c1-3-12-17(11(8-21-12)15(19)20)14(18)13(16)10-6-4-9(2)5-7-10/h4-7,11-13H,3,8,16H2,1-2H3,(H,19,20). The second-order valence-corrected chi connectivity index (χ2v) is 6.39. The monoisotopic (exact) mass is 308 g/mol. The maximum absolute atomic E-state index is 12.6. The van der Waals surface area contributed by atoms with Gasteiger partial charge in [-0.3, -0.25) is 4.79 Å². The van der Waals surface area contributed by atoms with Crippen LogP contribution in [0.3, 0.4) is 0 Å². The van der Waals surface area contributed by atoms with Crippen molar-refractivity contribution in [2.24, 2.45) is 5.73 Å². The predicted molar refractivity (Wildman–Crippen MR) is 82.9 cm³/mol. The number of carbonyl (C=O) groups excluding carboxylic acids is 1. The Morgan fingerprint density at radius 1 is 1.43 bits per heavy atom. The highest BCUT2D eigenvalue weighted by Crippen LogP contribution is 2.33. The van der Waals surface area contributed by atoms with E-state index in [1.165, 1.54) is 16.7 Å². The Balaban J connectivity index is 2.23. The van der Waals surface area contributed by atoms with E-state index in [-0.39, 0.29) is 11.3 Å². The number of hydrogen-bond acceptors (Lipinski definition) is 4. The first-order valence-electron chi connectivity index (χ1n) is 6.94. The number of benzene rings is 1. The summed E-state index contributed by atoms with van der Waals surface area (Å²) in [5.74, 6) is -0.869. The molecular formula is C15H20N2O3S. The highest BCUT2D eigenvalue weighted by molar-refractivity contribution is 8.00. The number of nitrogens with zero attached hydrogens (tertiary/aromatic N) is 1. The largest absolute Gasteiger partial charge is 0.480 e. The number of aryl methyl sites for hydroxylation is 1. The molecule has 1 heterocycles. The molecule has 1 aromatic rings. The second-order valence-electron chi connectivity index (χ2n) is 5.18. The molecule has 1 fully saturated rings. The summed E-state index contributed by atoms with van der Waals surface area (Å²) >= 11 is 1.50. The van der Waals surface area contributed by atoms with E-state index in [0.717, 1.165) is 5.56 Å². The number of aliphatic carboxylic acids is 1. The number of hydrogen-bond donors (Lipinski definition) is 2. The minimum Gasteiger partial charge on any atom is -0.480 e. The fourth-order valence-electron chi connectivity index (χ4n) is 2.44. The molecule has 3 unspecified atom stereocenters. The lowest BCUT2D eigenvalue weighted by Gasteiger charge is -2.29. The van der Waals surface area contributed by atoms with Crippen molar-refractivity contribution in [3.8, 4) is 0 Å². The van der Waals surface area contributed by atoms with E-state index in [9.17, 15) is 14.7 Å². The van der Waals surface area contributed by atoms with Crippen molar-refractivity contribution in [1.29, 1.82) is 0 Å².